The predicted octanol–water partition coefficient (Wildman–Crippen LogP) is 3.57. The number of aromatic nitrogens is 2. The van der Waals surface area contributed by atoms with Crippen molar-refractivity contribution in [1.82, 2.24) is 14.7 Å². The standard InChI is InChI=1S/C26H33N5O4S/c1-16-13-26(4,5)31(15-16)23-17(24(33)30-36(34,35)22-8-6-7-21(27)29-22)9-10-19(28-23)18-14-25(2,3)12-11-20(18)32/h6-10,14,16H,11-13,15H2,1-5H3,(H2,27,29)(H,30,33)/t16-/m0/s1. The summed E-state index contributed by atoms with van der Waals surface area (Å²) in [4.78, 5) is 36.8. The molecule has 2 aliphatic rings. The van der Waals surface area contributed by atoms with Gasteiger partial charge in [-0.25, -0.2) is 14.7 Å². The Hall–Kier alpha value is -3.27. The van der Waals surface area contributed by atoms with Crippen LogP contribution in [0.25, 0.3) is 5.57 Å². The number of nitrogens with zero attached hydrogens (tertiary/aromatic N) is 3. The fourth-order valence-corrected chi connectivity index (χ4v) is 6.02. The molecule has 0 saturated carbocycles. The Balaban J connectivity index is 1.79. The maximum Gasteiger partial charge on any atom is 0.281 e. The minimum atomic E-state index is -4.27. The molecule has 192 valence electrons. The first kappa shape index (κ1) is 25.8. The zero-order chi connectivity index (χ0) is 26.5. The molecule has 3 heterocycles. The second kappa shape index (κ2) is 8.99. The van der Waals surface area contributed by atoms with E-state index in [2.05, 4.69) is 44.3 Å². The van der Waals surface area contributed by atoms with Crippen molar-refractivity contribution in [3.05, 3.63) is 47.7 Å². The molecule has 2 aromatic rings. The first-order valence-corrected chi connectivity index (χ1v) is 13.5. The summed E-state index contributed by atoms with van der Waals surface area (Å²) in [6.07, 6.45) is 4.00. The van der Waals surface area contributed by atoms with Crippen molar-refractivity contribution in [2.75, 3.05) is 17.2 Å². The second-order valence-electron chi connectivity index (χ2n) is 11.1. The van der Waals surface area contributed by atoms with Crippen LogP contribution in [0.2, 0.25) is 0 Å². The molecular formula is C26H33N5O4S. The average molecular weight is 512 g/mol. The highest BCUT2D eigenvalue weighted by Crippen LogP contribution is 2.39. The summed E-state index contributed by atoms with van der Waals surface area (Å²) in [5.74, 6) is -0.0938. The molecule has 1 saturated heterocycles. The first-order valence-electron chi connectivity index (χ1n) is 12.0. The number of sulfonamides is 1. The monoisotopic (exact) mass is 511 g/mol. The maximum absolute atomic E-state index is 13.3. The number of hydrogen-bond donors (Lipinski definition) is 2. The van der Waals surface area contributed by atoms with Gasteiger partial charge in [0.2, 0.25) is 0 Å². The lowest BCUT2D eigenvalue weighted by atomic mass is 9.78. The molecule has 1 amide bonds. The molecule has 2 aromatic heterocycles. The van der Waals surface area contributed by atoms with E-state index < -0.39 is 15.9 Å². The number of ketones is 1. The molecule has 0 aromatic carbocycles. The topological polar surface area (TPSA) is 135 Å². The summed E-state index contributed by atoms with van der Waals surface area (Å²) in [7, 11) is -4.27. The van der Waals surface area contributed by atoms with Crippen molar-refractivity contribution in [1.29, 1.82) is 0 Å². The van der Waals surface area contributed by atoms with Gasteiger partial charge in [0.1, 0.15) is 11.6 Å². The average Bonchev–Trinajstić information content (AvgIpc) is 3.06. The van der Waals surface area contributed by atoms with Gasteiger partial charge in [0, 0.05) is 24.1 Å². The Morgan fingerprint density at radius 2 is 1.86 bits per heavy atom. The van der Waals surface area contributed by atoms with E-state index in [-0.39, 0.29) is 33.1 Å². The highest BCUT2D eigenvalue weighted by molar-refractivity contribution is 7.90. The summed E-state index contributed by atoms with van der Waals surface area (Å²) in [6.45, 7) is 11.0. The van der Waals surface area contributed by atoms with Crippen molar-refractivity contribution < 1.29 is 18.0 Å². The molecule has 4 rings (SSSR count). The summed E-state index contributed by atoms with van der Waals surface area (Å²) in [5.41, 5.74) is 6.27. The van der Waals surface area contributed by atoms with Crippen LogP contribution >= 0.6 is 0 Å². The molecule has 0 unspecified atom stereocenters. The third-order valence-corrected chi connectivity index (χ3v) is 8.04. The van der Waals surface area contributed by atoms with Crippen LogP contribution in [0.4, 0.5) is 11.6 Å². The molecule has 10 heteroatoms. The minimum absolute atomic E-state index is 0.00865. The van der Waals surface area contributed by atoms with Gasteiger partial charge in [-0.3, -0.25) is 9.59 Å². The number of nitrogens with two attached hydrogens (primary N) is 1. The van der Waals surface area contributed by atoms with Gasteiger partial charge in [-0.2, -0.15) is 8.42 Å². The smallest absolute Gasteiger partial charge is 0.281 e. The van der Waals surface area contributed by atoms with Crippen LogP contribution in [-0.4, -0.2) is 42.2 Å². The number of pyridine rings is 2. The molecule has 1 aliphatic carbocycles. The summed E-state index contributed by atoms with van der Waals surface area (Å²) in [6, 6.07) is 7.34. The van der Waals surface area contributed by atoms with Gasteiger partial charge in [-0.1, -0.05) is 32.9 Å². The van der Waals surface area contributed by atoms with E-state index in [1.165, 1.54) is 18.2 Å². The lowest BCUT2D eigenvalue weighted by molar-refractivity contribution is -0.114. The number of carbonyl (C=O) groups is 2. The number of rotatable bonds is 5. The maximum atomic E-state index is 13.3. The number of Topliss-reactive ketones (excluding diaryl/α,β-unsaturated/α-hetero) is 1. The normalized spacial score (nSPS) is 21.2. The fraction of sp³-hybridized carbons (Fsp3) is 0.462. The van der Waals surface area contributed by atoms with Crippen molar-refractivity contribution in [3.8, 4) is 0 Å². The Labute approximate surface area is 212 Å². The molecule has 3 N–H and O–H groups in total. The molecule has 0 spiro atoms. The van der Waals surface area contributed by atoms with Crippen LogP contribution in [0, 0.1) is 11.3 Å². The van der Waals surface area contributed by atoms with E-state index in [4.69, 9.17) is 10.7 Å². The third-order valence-electron chi connectivity index (χ3n) is 6.80. The lowest BCUT2D eigenvalue weighted by Crippen LogP contribution is -2.41. The van der Waals surface area contributed by atoms with Gasteiger partial charge in [-0.05, 0) is 62.3 Å². The van der Waals surface area contributed by atoms with Crippen LogP contribution < -0.4 is 15.4 Å². The van der Waals surface area contributed by atoms with Crippen molar-refractivity contribution >= 4 is 38.9 Å². The van der Waals surface area contributed by atoms with E-state index in [1.807, 2.05) is 11.0 Å². The predicted molar refractivity (Wildman–Crippen MR) is 139 cm³/mol. The Morgan fingerprint density at radius 3 is 2.50 bits per heavy atom. The van der Waals surface area contributed by atoms with Crippen LogP contribution in [-0.2, 0) is 14.8 Å². The van der Waals surface area contributed by atoms with Crippen molar-refractivity contribution in [2.24, 2.45) is 11.3 Å². The van der Waals surface area contributed by atoms with Crippen molar-refractivity contribution in [3.63, 3.8) is 0 Å². The fourth-order valence-electron chi connectivity index (χ4n) is 5.08. The molecule has 36 heavy (non-hydrogen) atoms. The number of amides is 1. The van der Waals surface area contributed by atoms with E-state index in [0.717, 1.165) is 12.8 Å². The van der Waals surface area contributed by atoms with Gasteiger partial charge in [0.05, 0.1) is 11.3 Å². The van der Waals surface area contributed by atoms with Crippen LogP contribution in [0.15, 0.2) is 41.4 Å². The Morgan fingerprint density at radius 1 is 1.14 bits per heavy atom. The summed E-state index contributed by atoms with van der Waals surface area (Å²) < 4.78 is 27.8. The minimum Gasteiger partial charge on any atom is -0.384 e. The van der Waals surface area contributed by atoms with Crippen LogP contribution in [0.1, 0.15) is 69.9 Å². The highest BCUT2D eigenvalue weighted by atomic mass is 32.2. The van der Waals surface area contributed by atoms with Gasteiger partial charge in [0.25, 0.3) is 15.9 Å². The SMILES string of the molecule is C[C@@H]1CN(c2nc(C3=CC(C)(C)CCC3=O)ccc2C(=O)NS(=O)(=O)c2cccc(N)n2)C(C)(C)C1. The molecule has 0 radical (unpaired) electrons. The zero-order valence-electron chi connectivity index (χ0n) is 21.3. The molecule has 1 aliphatic heterocycles. The van der Waals surface area contributed by atoms with E-state index in [9.17, 15) is 18.0 Å². The largest absolute Gasteiger partial charge is 0.384 e. The number of nitrogen functional groups attached to an aromatic ring is 1. The zero-order valence-corrected chi connectivity index (χ0v) is 22.1. The number of allylic oxidation sites excluding steroid dienone is 2. The number of nitrogens with one attached hydrogen (secondary N) is 1. The highest BCUT2D eigenvalue weighted by Gasteiger charge is 2.40. The summed E-state index contributed by atoms with van der Waals surface area (Å²) >= 11 is 0. The van der Waals surface area contributed by atoms with E-state index >= 15 is 0 Å². The number of carbonyl (C=O) groups excluding carboxylic acids is 2. The molecular weight excluding hydrogens is 478 g/mol. The van der Waals surface area contributed by atoms with E-state index in [0.29, 0.717) is 36.0 Å². The van der Waals surface area contributed by atoms with Crippen LogP contribution in [0.3, 0.4) is 0 Å². The van der Waals surface area contributed by atoms with Crippen molar-refractivity contribution in [2.45, 2.75) is 64.4 Å². The number of hydrogen-bond acceptors (Lipinski definition) is 8. The first-order chi connectivity index (χ1) is 16.7. The molecule has 9 nitrogen and oxygen atoms in total. The van der Waals surface area contributed by atoms with Crippen LogP contribution in [0.5, 0.6) is 0 Å². The molecule has 1 fully saturated rings. The van der Waals surface area contributed by atoms with E-state index in [1.54, 1.807) is 12.1 Å². The Kier molecular flexibility index (Phi) is 6.45. The molecule has 1 atom stereocenters. The van der Waals surface area contributed by atoms with Gasteiger partial charge >= 0.3 is 0 Å². The molecule has 0 bridgehead atoms. The Bertz CT molecular complexity index is 1360. The van der Waals surface area contributed by atoms with Gasteiger partial charge in [-0.15, -0.1) is 0 Å². The number of anilines is 2. The third kappa shape index (κ3) is 5.13. The van der Waals surface area contributed by atoms with Gasteiger partial charge in [0.15, 0.2) is 10.8 Å². The lowest BCUT2D eigenvalue weighted by Gasteiger charge is -2.34. The second-order valence-corrected chi connectivity index (χ2v) is 12.7. The summed E-state index contributed by atoms with van der Waals surface area (Å²) in [5, 5.41) is -0.350. The van der Waals surface area contributed by atoms with Gasteiger partial charge < -0.3 is 10.6 Å². The quantitative estimate of drug-likeness (QED) is 0.622.